The minimum Gasteiger partial charge on any atom is -0.330 e. The van der Waals surface area contributed by atoms with Crippen molar-refractivity contribution in [3.8, 4) is 0 Å². The average molecular weight is 265 g/mol. The van der Waals surface area contributed by atoms with Crippen molar-refractivity contribution >= 4 is 10.8 Å². The van der Waals surface area contributed by atoms with E-state index in [1.54, 1.807) is 0 Å². The molecule has 0 saturated heterocycles. The third-order valence-electron chi connectivity index (χ3n) is 4.17. The molecule has 2 nitrogen and oxygen atoms in total. The summed E-state index contributed by atoms with van der Waals surface area (Å²) < 4.78 is 12.7. The molecule has 0 heterocycles. The van der Waals surface area contributed by atoms with Crippen LogP contribution in [-0.4, -0.2) is 16.0 Å². The van der Waals surface area contributed by atoms with Crippen molar-refractivity contribution < 1.29 is 4.21 Å². The fourth-order valence-corrected chi connectivity index (χ4v) is 4.73. The monoisotopic (exact) mass is 265 g/mol. The summed E-state index contributed by atoms with van der Waals surface area (Å²) in [5.41, 5.74) is 5.86. The highest BCUT2D eigenvalue weighted by Gasteiger charge is 2.33. The molecule has 100 valence electrons. The van der Waals surface area contributed by atoms with Gasteiger partial charge < -0.3 is 5.73 Å². The third kappa shape index (κ3) is 3.01. The standard InChI is InChI=1S/C15H23NOS/c1-2-12-8-9-13(11-16)15(10-12)18(17)14-6-4-3-5-7-14/h3-7,12-13,15H,2,8-11,16H2,1H3. The molecule has 1 aromatic carbocycles. The summed E-state index contributed by atoms with van der Waals surface area (Å²) in [5.74, 6) is 1.15. The first-order chi connectivity index (χ1) is 8.76. The van der Waals surface area contributed by atoms with Gasteiger partial charge in [0, 0.05) is 10.1 Å². The van der Waals surface area contributed by atoms with Gasteiger partial charge in [-0.15, -0.1) is 0 Å². The van der Waals surface area contributed by atoms with Gasteiger partial charge in [-0.05, 0) is 43.4 Å². The molecule has 0 aliphatic heterocycles. The van der Waals surface area contributed by atoms with E-state index in [1.165, 1.54) is 12.8 Å². The molecule has 4 atom stereocenters. The third-order valence-corrected chi connectivity index (χ3v) is 6.03. The first kappa shape index (κ1) is 13.8. The van der Waals surface area contributed by atoms with Gasteiger partial charge in [-0.2, -0.15) is 0 Å². The molecule has 0 amide bonds. The quantitative estimate of drug-likeness (QED) is 0.909. The van der Waals surface area contributed by atoms with Crippen molar-refractivity contribution in [3.05, 3.63) is 30.3 Å². The second kappa shape index (κ2) is 6.48. The number of nitrogens with two attached hydrogens (primary N) is 1. The summed E-state index contributed by atoms with van der Waals surface area (Å²) in [6.45, 7) is 2.90. The Bertz CT molecular complexity index is 393. The first-order valence-corrected chi connectivity index (χ1v) is 8.13. The molecule has 1 fully saturated rings. The van der Waals surface area contributed by atoms with E-state index in [0.717, 1.165) is 23.7 Å². The van der Waals surface area contributed by atoms with Crippen molar-refractivity contribution in [3.63, 3.8) is 0 Å². The van der Waals surface area contributed by atoms with Crippen molar-refractivity contribution in [2.24, 2.45) is 17.6 Å². The van der Waals surface area contributed by atoms with E-state index in [1.807, 2.05) is 30.3 Å². The minimum absolute atomic E-state index is 0.246. The molecule has 2 N–H and O–H groups in total. The Labute approximate surface area is 112 Å². The van der Waals surface area contributed by atoms with Gasteiger partial charge in [0.2, 0.25) is 0 Å². The Hall–Kier alpha value is -0.670. The summed E-state index contributed by atoms with van der Waals surface area (Å²) in [6.07, 6.45) is 4.65. The molecular formula is C15H23NOS. The fourth-order valence-electron chi connectivity index (χ4n) is 2.91. The van der Waals surface area contributed by atoms with E-state index in [4.69, 9.17) is 5.73 Å². The molecule has 1 aliphatic carbocycles. The second-order valence-electron chi connectivity index (χ2n) is 5.23. The number of rotatable bonds is 4. The Kier molecular flexibility index (Phi) is 4.95. The fraction of sp³-hybridized carbons (Fsp3) is 0.600. The molecule has 18 heavy (non-hydrogen) atoms. The highest BCUT2D eigenvalue weighted by Crippen LogP contribution is 2.35. The molecule has 0 spiro atoms. The number of benzene rings is 1. The summed E-state index contributed by atoms with van der Waals surface area (Å²) in [6, 6.07) is 9.84. The maximum Gasteiger partial charge on any atom is 0.0564 e. The molecule has 3 heteroatoms. The Morgan fingerprint density at radius 2 is 2.00 bits per heavy atom. The van der Waals surface area contributed by atoms with Gasteiger partial charge in [0.1, 0.15) is 0 Å². The van der Waals surface area contributed by atoms with Crippen LogP contribution in [0.2, 0.25) is 0 Å². The van der Waals surface area contributed by atoms with E-state index in [0.29, 0.717) is 12.5 Å². The molecule has 1 aliphatic rings. The molecule has 4 unspecified atom stereocenters. The normalized spacial score (nSPS) is 30.0. The maximum absolute atomic E-state index is 12.7. The van der Waals surface area contributed by atoms with Crippen LogP contribution in [0.25, 0.3) is 0 Å². The van der Waals surface area contributed by atoms with Crippen LogP contribution in [0.1, 0.15) is 32.6 Å². The largest absolute Gasteiger partial charge is 0.330 e. The lowest BCUT2D eigenvalue weighted by Crippen LogP contribution is -2.37. The maximum atomic E-state index is 12.7. The smallest absolute Gasteiger partial charge is 0.0564 e. The second-order valence-corrected chi connectivity index (χ2v) is 6.90. The predicted octanol–water partition coefficient (Wildman–Crippen LogP) is 2.95. The highest BCUT2D eigenvalue weighted by atomic mass is 32.2. The van der Waals surface area contributed by atoms with Crippen LogP contribution in [-0.2, 0) is 10.8 Å². The van der Waals surface area contributed by atoms with Gasteiger partial charge in [0.05, 0.1) is 10.8 Å². The molecule has 2 rings (SSSR count). The van der Waals surface area contributed by atoms with E-state index < -0.39 is 10.8 Å². The van der Waals surface area contributed by atoms with Gasteiger partial charge in [-0.1, -0.05) is 38.0 Å². The molecule has 1 saturated carbocycles. The van der Waals surface area contributed by atoms with Crippen molar-refractivity contribution in [1.29, 1.82) is 0 Å². The number of hydrogen-bond acceptors (Lipinski definition) is 2. The van der Waals surface area contributed by atoms with E-state index >= 15 is 0 Å². The predicted molar refractivity (Wildman–Crippen MR) is 76.8 cm³/mol. The van der Waals surface area contributed by atoms with Crippen LogP contribution >= 0.6 is 0 Å². The van der Waals surface area contributed by atoms with Crippen LogP contribution in [0.4, 0.5) is 0 Å². The van der Waals surface area contributed by atoms with E-state index in [2.05, 4.69) is 6.92 Å². The molecule has 0 radical (unpaired) electrons. The Morgan fingerprint density at radius 3 is 2.61 bits per heavy atom. The summed E-state index contributed by atoms with van der Waals surface area (Å²) in [7, 11) is -0.902. The summed E-state index contributed by atoms with van der Waals surface area (Å²) in [4.78, 5) is 0.956. The molecule has 1 aromatic rings. The average Bonchev–Trinajstić information content (AvgIpc) is 2.46. The lowest BCUT2D eigenvalue weighted by molar-refractivity contribution is 0.280. The lowest BCUT2D eigenvalue weighted by atomic mass is 9.80. The van der Waals surface area contributed by atoms with Gasteiger partial charge in [0.15, 0.2) is 0 Å². The van der Waals surface area contributed by atoms with Crippen LogP contribution < -0.4 is 5.73 Å². The van der Waals surface area contributed by atoms with E-state index in [-0.39, 0.29) is 5.25 Å². The SMILES string of the molecule is CCC1CCC(CN)C(S(=O)c2ccccc2)C1. The Balaban J connectivity index is 2.15. The first-order valence-electron chi connectivity index (χ1n) is 6.92. The highest BCUT2D eigenvalue weighted by molar-refractivity contribution is 7.85. The Morgan fingerprint density at radius 1 is 1.28 bits per heavy atom. The van der Waals surface area contributed by atoms with Crippen LogP contribution in [0, 0.1) is 11.8 Å². The zero-order valence-electron chi connectivity index (χ0n) is 11.0. The van der Waals surface area contributed by atoms with Gasteiger partial charge in [-0.3, -0.25) is 4.21 Å². The zero-order valence-corrected chi connectivity index (χ0v) is 11.9. The summed E-state index contributed by atoms with van der Waals surface area (Å²) in [5, 5.41) is 0.246. The molecule has 0 bridgehead atoms. The lowest BCUT2D eigenvalue weighted by Gasteiger charge is -2.34. The number of hydrogen-bond donors (Lipinski definition) is 1. The van der Waals surface area contributed by atoms with Crippen LogP contribution in [0.5, 0.6) is 0 Å². The summed E-state index contributed by atoms with van der Waals surface area (Å²) >= 11 is 0. The molecular weight excluding hydrogens is 242 g/mol. The van der Waals surface area contributed by atoms with Crippen molar-refractivity contribution in [2.45, 2.75) is 42.8 Å². The van der Waals surface area contributed by atoms with Gasteiger partial charge in [-0.25, -0.2) is 0 Å². The molecule has 0 aromatic heterocycles. The van der Waals surface area contributed by atoms with Gasteiger partial charge in [0.25, 0.3) is 0 Å². The minimum atomic E-state index is -0.902. The van der Waals surface area contributed by atoms with Crippen LogP contribution in [0.3, 0.4) is 0 Å². The van der Waals surface area contributed by atoms with Crippen molar-refractivity contribution in [1.82, 2.24) is 0 Å². The van der Waals surface area contributed by atoms with E-state index in [9.17, 15) is 4.21 Å². The van der Waals surface area contributed by atoms with Crippen LogP contribution in [0.15, 0.2) is 35.2 Å². The van der Waals surface area contributed by atoms with Gasteiger partial charge >= 0.3 is 0 Å². The zero-order chi connectivity index (χ0) is 13.0. The van der Waals surface area contributed by atoms with Crippen molar-refractivity contribution in [2.75, 3.05) is 6.54 Å². The topological polar surface area (TPSA) is 43.1 Å².